The first-order chi connectivity index (χ1) is 12.1. The first-order valence-corrected chi connectivity index (χ1v) is 9.62. The Morgan fingerprint density at radius 1 is 1.32 bits per heavy atom. The van der Waals surface area contributed by atoms with Crippen molar-refractivity contribution in [2.45, 2.75) is 26.3 Å². The molecule has 0 saturated carbocycles. The molecule has 0 spiro atoms. The largest absolute Gasteiger partial charge is 0.472 e. The van der Waals surface area contributed by atoms with Crippen molar-refractivity contribution < 1.29 is 14.0 Å². The summed E-state index contributed by atoms with van der Waals surface area (Å²) in [7, 11) is 0. The summed E-state index contributed by atoms with van der Waals surface area (Å²) < 4.78 is 5.71. The molecule has 0 N–H and O–H groups in total. The zero-order chi connectivity index (χ0) is 17.8. The van der Waals surface area contributed by atoms with E-state index in [1.54, 1.807) is 11.0 Å². The first kappa shape index (κ1) is 18.0. The van der Waals surface area contributed by atoms with Gasteiger partial charge in [0.05, 0.1) is 22.7 Å². The van der Waals surface area contributed by atoms with Gasteiger partial charge in [-0.3, -0.25) is 9.59 Å². The van der Waals surface area contributed by atoms with Crippen LogP contribution in [0.1, 0.15) is 35.0 Å². The Morgan fingerprint density at radius 2 is 2.08 bits per heavy atom. The van der Waals surface area contributed by atoms with Crippen LogP contribution in [0.4, 0.5) is 0 Å². The number of hydrogen-bond donors (Lipinski definition) is 0. The molecule has 7 heteroatoms. The lowest BCUT2D eigenvalue weighted by Gasteiger charge is -2.33. The zero-order valence-electron chi connectivity index (χ0n) is 14.1. The Labute approximate surface area is 156 Å². The predicted molar refractivity (Wildman–Crippen MR) is 97.8 cm³/mol. The van der Waals surface area contributed by atoms with E-state index in [0.29, 0.717) is 44.6 Å². The molecular formula is C18H21ClN2O3S. The van der Waals surface area contributed by atoms with Gasteiger partial charge in [-0.05, 0) is 38.0 Å². The number of carbonyl (C=O) groups excluding carboxylic acids is 2. The van der Waals surface area contributed by atoms with Gasteiger partial charge < -0.3 is 14.2 Å². The molecule has 1 saturated heterocycles. The number of carbonyl (C=O) groups is 2. The Morgan fingerprint density at radius 3 is 2.64 bits per heavy atom. The van der Waals surface area contributed by atoms with E-state index in [1.807, 2.05) is 24.0 Å². The van der Waals surface area contributed by atoms with Crippen LogP contribution in [0.5, 0.6) is 0 Å². The summed E-state index contributed by atoms with van der Waals surface area (Å²) >= 11 is 7.48. The summed E-state index contributed by atoms with van der Waals surface area (Å²) in [6, 6.07) is 5.50. The van der Waals surface area contributed by atoms with Gasteiger partial charge >= 0.3 is 0 Å². The molecule has 1 fully saturated rings. The lowest BCUT2D eigenvalue weighted by atomic mass is 9.95. The second kappa shape index (κ2) is 8.06. The first-order valence-electron chi connectivity index (χ1n) is 8.43. The highest BCUT2D eigenvalue weighted by Gasteiger charge is 2.30. The molecule has 0 aromatic carbocycles. The lowest BCUT2D eigenvalue weighted by Crippen LogP contribution is -2.44. The number of likely N-dealkylation sites (tertiary alicyclic amines) is 1. The van der Waals surface area contributed by atoms with Crippen molar-refractivity contribution in [3.63, 3.8) is 0 Å². The molecule has 0 bridgehead atoms. The fourth-order valence-electron chi connectivity index (χ4n) is 3.13. The average molecular weight is 381 g/mol. The number of hydrogen-bond acceptors (Lipinski definition) is 4. The highest BCUT2D eigenvalue weighted by Crippen LogP contribution is 2.25. The molecule has 2 amide bonds. The monoisotopic (exact) mass is 380 g/mol. The van der Waals surface area contributed by atoms with Crippen LogP contribution in [-0.4, -0.2) is 41.2 Å². The van der Waals surface area contributed by atoms with Crippen molar-refractivity contribution in [1.82, 2.24) is 9.80 Å². The number of rotatable bonds is 5. The number of thiophene rings is 1. The SMILES string of the molecule is CCN(Cc1ccc(Cl)s1)C(=O)C1CCN(C(=O)c2ccoc2)CC1. The van der Waals surface area contributed by atoms with E-state index in [2.05, 4.69) is 0 Å². The summed E-state index contributed by atoms with van der Waals surface area (Å²) in [6.07, 6.45) is 4.36. The Kier molecular flexibility index (Phi) is 5.81. The van der Waals surface area contributed by atoms with Gasteiger partial charge in [-0.15, -0.1) is 11.3 Å². The Hall–Kier alpha value is -1.79. The Balaban J connectivity index is 1.55. The molecule has 2 aromatic heterocycles. The number of nitrogens with zero attached hydrogens (tertiary/aromatic N) is 2. The van der Waals surface area contributed by atoms with Crippen molar-refractivity contribution in [1.29, 1.82) is 0 Å². The maximum Gasteiger partial charge on any atom is 0.257 e. The van der Waals surface area contributed by atoms with Gasteiger partial charge in [0, 0.05) is 30.4 Å². The van der Waals surface area contributed by atoms with Crippen LogP contribution < -0.4 is 0 Å². The average Bonchev–Trinajstić information content (AvgIpc) is 3.30. The van der Waals surface area contributed by atoms with Crippen molar-refractivity contribution in [3.8, 4) is 0 Å². The molecule has 25 heavy (non-hydrogen) atoms. The minimum atomic E-state index is -0.0276. The molecule has 1 aliphatic rings. The number of amides is 2. The number of furan rings is 1. The highest BCUT2D eigenvalue weighted by atomic mass is 35.5. The molecule has 3 heterocycles. The summed E-state index contributed by atoms with van der Waals surface area (Å²) in [5.74, 6) is 0.117. The number of piperidine rings is 1. The fourth-order valence-corrected chi connectivity index (χ4v) is 4.23. The molecule has 2 aromatic rings. The van der Waals surface area contributed by atoms with E-state index in [-0.39, 0.29) is 17.7 Å². The smallest absolute Gasteiger partial charge is 0.257 e. The van der Waals surface area contributed by atoms with E-state index < -0.39 is 0 Å². The van der Waals surface area contributed by atoms with E-state index in [1.165, 1.54) is 23.9 Å². The maximum absolute atomic E-state index is 12.8. The third-order valence-electron chi connectivity index (χ3n) is 4.57. The topological polar surface area (TPSA) is 53.8 Å². The summed E-state index contributed by atoms with van der Waals surface area (Å²) in [5.41, 5.74) is 0.564. The van der Waals surface area contributed by atoms with Gasteiger partial charge in [-0.25, -0.2) is 0 Å². The third kappa shape index (κ3) is 4.25. The molecule has 134 valence electrons. The van der Waals surface area contributed by atoms with Crippen LogP contribution in [0, 0.1) is 5.92 Å². The molecular weight excluding hydrogens is 360 g/mol. The maximum atomic E-state index is 12.8. The summed E-state index contributed by atoms with van der Waals surface area (Å²) in [6.45, 7) is 4.46. The second-order valence-corrected chi connectivity index (χ2v) is 7.94. The molecule has 1 aliphatic heterocycles. The quantitative estimate of drug-likeness (QED) is 0.790. The fraction of sp³-hybridized carbons (Fsp3) is 0.444. The van der Waals surface area contributed by atoms with Gasteiger partial charge in [0.2, 0.25) is 5.91 Å². The van der Waals surface area contributed by atoms with Crippen LogP contribution in [0.2, 0.25) is 4.34 Å². The molecule has 0 radical (unpaired) electrons. The summed E-state index contributed by atoms with van der Waals surface area (Å²) in [5, 5.41) is 0. The van der Waals surface area contributed by atoms with Gasteiger partial charge in [0.25, 0.3) is 5.91 Å². The standard InChI is InChI=1S/C18H21ClN2O3S/c1-2-20(11-15-3-4-16(19)25-15)17(22)13-5-8-21(9-6-13)18(23)14-7-10-24-12-14/h3-4,7,10,12-13H,2,5-6,8-9,11H2,1H3. The van der Waals surface area contributed by atoms with Gasteiger partial charge in [0.15, 0.2) is 0 Å². The van der Waals surface area contributed by atoms with E-state index in [9.17, 15) is 9.59 Å². The minimum Gasteiger partial charge on any atom is -0.472 e. The van der Waals surface area contributed by atoms with Crippen LogP contribution in [-0.2, 0) is 11.3 Å². The Bertz CT molecular complexity index is 721. The van der Waals surface area contributed by atoms with Crippen molar-refractivity contribution in [3.05, 3.63) is 45.5 Å². The van der Waals surface area contributed by atoms with Crippen molar-refractivity contribution in [2.75, 3.05) is 19.6 Å². The molecule has 0 unspecified atom stereocenters. The summed E-state index contributed by atoms with van der Waals surface area (Å²) in [4.78, 5) is 29.9. The highest BCUT2D eigenvalue weighted by molar-refractivity contribution is 7.16. The second-order valence-electron chi connectivity index (χ2n) is 6.14. The third-order valence-corrected chi connectivity index (χ3v) is 5.78. The van der Waals surface area contributed by atoms with Crippen LogP contribution in [0.15, 0.2) is 35.1 Å². The predicted octanol–water partition coefficient (Wildman–Crippen LogP) is 3.90. The molecule has 0 atom stereocenters. The number of halogens is 1. The molecule has 0 aliphatic carbocycles. The van der Waals surface area contributed by atoms with Gasteiger partial charge in [0.1, 0.15) is 6.26 Å². The van der Waals surface area contributed by atoms with Crippen molar-refractivity contribution >= 4 is 34.8 Å². The lowest BCUT2D eigenvalue weighted by molar-refractivity contribution is -0.137. The van der Waals surface area contributed by atoms with Gasteiger partial charge in [-0.1, -0.05) is 11.6 Å². The normalized spacial score (nSPS) is 15.4. The molecule has 3 rings (SSSR count). The minimum absolute atomic E-state index is 0.0243. The van der Waals surface area contributed by atoms with Crippen molar-refractivity contribution in [2.24, 2.45) is 5.92 Å². The van der Waals surface area contributed by atoms with Crippen LogP contribution in [0.25, 0.3) is 0 Å². The van der Waals surface area contributed by atoms with Gasteiger partial charge in [-0.2, -0.15) is 0 Å². The molecule has 5 nitrogen and oxygen atoms in total. The van der Waals surface area contributed by atoms with Crippen LogP contribution in [0.3, 0.4) is 0 Å². The van der Waals surface area contributed by atoms with Crippen LogP contribution >= 0.6 is 22.9 Å². The van der Waals surface area contributed by atoms with E-state index >= 15 is 0 Å². The van der Waals surface area contributed by atoms with E-state index in [0.717, 1.165) is 9.21 Å². The zero-order valence-corrected chi connectivity index (χ0v) is 15.7. The van der Waals surface area contributed by atoms with E-state index in [4.69, 9.17) is 16.0 Å².